The lowest BCUT2D eigenvalue weighted by atomic mass is 9.83. The van der Waals surface area contributed by atoms with E-state index in [0.29, 0.717) is 17.2 Å². The molecule has 4 heteroatoms. The number of fused-ring (bicyclic) bond motifs is 1. The van der Waals surface area contributed by atoms with E-state index in [4.69, 9.17) is 22.1 Å². The number of benzene rings is 2. The number of halogens is 2. The zero-order chi connectivity index (χ0) is 14.1. The van der Waals surface area contributed by atoms with Gasteiger partial charge < -0.3 is 10.5 Å². The van der Waals surface area contributed by atoms with Gasteiger partial charge in [0.15, 0.2) is 0 Å². The Morgan fingerprint density at radius 3 is 2.85 bits per heavy atom. The number of rotatable bonds is 2. The fourth-order valence-corrected chi connectivity index (χ4v) is 2.89. The van der Waals surface area contributed by atoms with Crippen molar-refractivity contribution < 1.29 is 9.13 Å². The summed E-state index contributed by atoms with van der Waals surface area (Å²) in [5.74, 6) is 0.540. The number of hydrogen-bond acceptors (Lipinski definition) is 2. The number of nitrogens with two attached hydrogens (primary N) is 1. The number of ether oxygens (including phenoxy) is 1. The van der Waals surface area contributed by atoms with Gasteiger partial charge in [-0.2, -0.15) is 0 Å². The van der Waals surface area contributed by atoms with Crippen LogP contribution >= 0.6 is 11.6 Å². The lowest BCUT2D eigenvalue weighted by Crippen LogP contribution is -2.26. The largest absolute Gasteiger partial charge is 0.493 e. The molecule has 0 saturated heterocycles. The molecule has 20 heavy (non-hydrogen) atoms. The van der Waals surface area contributed by atoms with E-state index in [1.54, 1.807) is 12.1 Å². The SMILES string of the molecule is NC(c1ccc(Cl)cc1F)C1CCOc2ccccc21. The van der Waals surface area contributed by atoms with E-state index in [1.807, 2.05) is 24.3 Å². The molecule has 0 amide bonds. The average molecular weight is 292 g/mol. The maximum atomic E-state index is 14.0. The van der Waals surface area contributed by atoms with Gasteiger partial charge in [-0.1, -0.05) is 35.9 Å². The minimum absolute atomic E-state index is 0.0515. The minimum Gasteiger partial charge on any atom is -0.493 e. The highest BCUT2D eigenvalue weighted by molar-refractivity contribution is 6.30. The third kappa shape index (κ3) is 2.39. The first kappa shape index (κ1) is 13.4. The molecule has 2 N–H and O–H groups in total. The Hall–Kier alpha value is -1.58. The summed E-state index contributed by atoms with van der Waals surface area (Å²) < 4.78 is 19.7. The molecule has 2 aromatic carbocycles. The van der Waals surface area contributed by atoms with Crippen LogP contribution in [0.5, 0.6) is 5.75 Å². The molecule has 0 spiro atoms. The van der Waals surface area contributed by atoms with E-state index in [2.05, 4.69) is 0 Å². The van der Waals surface area contributed by atoms with Gasteiger partial charge in [-0.05, 0) is 30.2 Å². The van der Waals surface area contributed by atoms with Gasteiger partial charge in [0, 0.05) is 22.5 Å². The molecule has 0 saturated carbocycles. The van der Waals surface area contributed by atoms with Crippen molar-refractivity contribution in [2.45, 2.75) is 18.4 Å². The van der Waals surface area contributed by atoms with Crippen LogP contribution in [0.4, 0.5) is 4.39 Å². The van der Waals surface area contributed by atoms with E-state index in [9.17, 15) is 4.39 Å². The number of para-hydroxylation sites is 1. The second kappa shape index (κ2) is 5.43. The summed E-state index contributed by atoms with van der Waals surface area (Å²) in [6, 6.07) is 12.0. The van der Waals surface area contributed by atoms with E-state index in [0.717, 1.165) is 17.7 Å². The Balaban J connectivity index is 1.97. The van der Waals surface area contributed by atoms with Gasteiger partial charge in [-0.25, -0.2) is 4.39 Å². The van der Waals surface area contributed by atoms with Crippen molar-refractivity contribution in [3.63, 3.8) is 0 Å². The van der Waals surface area contributed by atoms with Crippen LogP contribution in [0.2, 0.25) is 5.02 Å². The molecule has 0 bridgehead atoms. The third-order valence-corrected chi connectivity index (χ3v) is 4.00. The second-order valence-electron chi connectivity index (χ2n) is 4.97. The molecule has 0 radical (unpaired) electrons. The van der Waals surface area contributed by atoms with Crippen molar-refractivity contribution in [1.82, 2.24) is 0 Å². The van der Waals surface area contributed by atoms with Crippen molar-refractivity contribution in [3.05, 3.63) is 64.4 Å². The Bertz CT molecular complexity index is 632. The normalized spacial score (nSPS) is 19.1. The molecule has 0 aromatic heterocycles. The molecule has 0 fully saturated rings. The quantitative estimate of drug-likeness (QED) is 0.906. The molecule has 2 aromatic rings. The molecular weight excluding hydrogens is 277 g/mol. The monoisotopic (exact) mass is 291 g/mol. The first-order valence-corrected chi connectivity index (χ1v) is 6.97. The van der Waals surface area contributed by atoms with Crippen LogP contribution in [0.1, 0.15) is 29.5 Å². The molecule has 2 unspecified atom stereocenters. The highest BCUT2D eigenvalue weighted by Gasteiger charge is 2.28. The molecule has 3 rings (SSSR count). The Morgan fingerprint density at radius 1 is 1.25 bits per heavy atom. The summed E-state index contributed by atoms with van der Waals surface area (Å²) in [7, 11) is 0. The van der Waals surface area contributed by atoms with Gasteiger partial charge in [0.1, 0.15) is 11.6 Å². The van der Waals surface area contributed by atoms with Crippen LogP contribution in [0.3, 0.4) is 0 Å². The molecule has 2 atom stereocenters. The van der Waals surface area contributed by atoms with Crippen LogP contribution in [-0.4, -0.2) is 6.61 Å². The smallest absolute Gasteiger partial charge is 0.129 e. The summed E-state index contributed by atoms with van der Waals surface area (Å²) in [5.41, 5.74) is 7.84. The predicted octanol–water partition coefficient (Wildman–Crippen LogP) is 4.05. The van der Waals surface area contributed by atoms with Gasteiger partial charge >= 0.3 is 0 Å². The summed E-state index contributed by atoms with van der Waals surface area (Å²) in [6.07, 6.45) is 0.778. The maximum absolute atomic E-state index is 14.0. The highest BCUT2D eigenvalue weighted by Crippen LogP contribution is 2.40. The van der Waals surface area contributed by atoms with Gasteiger partial charge in [0.2, 0.25) is 0 Å². The van der Waals surface area contributed by atoms with Crippen molar-refractivity contribution in [2.75, 3.05) is 6.61 Å². The van der Waals surface area contributed by atoms with E-state index >= 15 is 0 Å². The van der Waals surface area contributed by atoms with Gasteiger partial charge in [0.05, 0.1) is 6.61 Å². The Labute approximate surface area is 122 Å². The molecule has 1 aliphatic rings. The average Bonchev–Trinajstić information content (AvgIpc) is 2.46. The molecular formula is C16H15ClFNO. The molecule has 104 valence electrons. The van der Waals surface area contributed by atoms with Gasteiger partial charge in [-0.3, -0.25) is 0 Å². The molecule has 1 heterocycles. The topological polar surface area (TPSA) is 35.2 Å². The maximum Gasteiger partial charge on any atom is 0.129 e. The first-order chi connectivity index (χ1) is 9.66. The Kier molecular flexibility index (Phi) is 3.64. The van der Waals surface area contributed by atoms with E-state index in [-0.39, 0.29) is 11.7 Å². The minimum atomic E-state index is -0.405. The van der Waals surface area contributed by atoms with Crippen molar-refractivity contribution in [1.29, 1.82) is 0 Å². The summed E-state index contributed by atoms with van der Waals surface area (Å²) in [5, 5.41) is 0.380. The zero-order valence-electron chi connectivity index (χ0n) is 10.9. The van der Waals surface area contributed by atoms with Crippen molar-refractivity contribution in [2.24, 2.45) is 5.73 Å². The predicted molar refractivity (Wildman–Crippen MR) is 77.6 cm³/mol. The highest BCUT2D eigenvalue weighted by atomic mass is 35.5. The van der Waals surface area contributed by atoms with Gasteiger partial charge in [0.25, 0.3) is 0 Å². The van der Waals surface area contributed by atoms with Crippen LogP contribution < -0.4 is 10.5 Å². The van der Waals surface area contributed by atoms with Crippen molar-refractivity contribution >= 4 is 11.6 Å². The standard InChI is InChI=1S/C16H15ClFNO/c17-10-5-6-13(14(18)9-10)16(19)12-7-8-20-15-4-2-1-3-11(12)15/h1-6,9,12,16H,7-8,19H2. The zero-order valence-corrected chi connectivity index (χ0v) is 11.6. The van der Waals surface area contributed by atoms with Crippen molar-refractivity contribution in [3.8, 4) is 5.75 Å². The van der Waals surface area contributed by atoms with Crippen LogP contribution in [0.25, 0.3) is 0 Å². The van der Waals surface area contributed by atoms with Crippen LogP contribution in [-0.2, 0) is 0 Å². The fourth-order valence-electron chi connectivity index (χ4n) is 2.73. The molecule has 1 aliphatic heterocycles. The molecule has 0 aliphatic carbocycles. The third-order valence-electron chi connectivity index (χ3n) is 3.76. The first-order valence-electron chi connectivity index (χ1n) is 6.59. The lowest BCUT2D eigenvalue weighted by Gasteiger charge is -2.30. The van der Waals surface area contributed by atoms with E-state index < -0.39 is 6.04 Å². The van der Waals surface area contributed by atoms with E-state index in [1.165, 1.54) is 6.07 Å². The number of hydrogen-bond donors (Lipinski definition) is 1. The Morgan fingerprint density at radius 2 is 2.05 bits per heavy atom. The van der Waals surface area contributed by atoms with Crippen LogP contribution in [0.15, 0.2) is 42.5 Å². The summed E-state index contributed by atoms with van der Waals surface area (Å²) in [6.45, 7) is 0.602. The fraction of sp³-hybridized carbons (Fsp3) is 0.250. The molecule has 2 nitrogen and oxygen atoms in total. The van der Waals surface area contributed by atoms with Gasteiger partial charge in [-0.15, -0.1) is 0 Å². The lowest BCUT2D eigenvalue weighted by molar-refractivity contribution is 0.254. The summed E-state index contributed by atoms with van der Waals surface area (Å²) in [4.78, 5) is 0. The van der Waals surface area contributed by atoms with Crippen LogP contribution in [0, 0.1) is 5.82 Å². The summed E-state index contributed by atoms with van der Waals surface area (Å²) >= 11 is 5.79. The second-order valence-corrected chi connectivity index (χ2v) is 5.41.